The van der Waals surface area contributed by atoms with Crippen molar-refractivity contribution in [2.75, 3.05) is 0 Å². The van der Waals surface area contributed by atoms with Gasteiger partial charge in [0.15, 0.2) is 0 Å². The summed E-state index contributed by atoms with van der Waals surface area (Å²) in [6.45, 7) is 2.01. The summed E-state index contributed by atoms with van der Waals surface area (Å²) in [7, 11) is 0. The standard InChI is InChI=1S/C10H10Br2N2S2/c1-5-14-6(4-15-5)2-8(13)7-3-9(11)16-10(7)12/h3-4,8H,2,13H2,1H3. The van der Waals surface area contributed by atoms with Gasteiger partial charge in [0.05, 0.1) is 18.3 Å². The number of halogens is 2. The van der Waals surface area contributed by atoms with E-state index in [0.29, 0.717) is 0 Å². The highest BCUT2D eigenvalue weighted by molar-refractivity contribution is 9.12. The molecule has 0 aromatic carbocycles. The number of aromatic nitrogens is 1. The van der Waals surface area contributed by atoms with Crippen LogP contribution in [0.4, 0.5) is 0 Å². The van der Waals surface area contributed by atoms with Crippen molar-refractivity contribution < 1.29 is 0 Å². The third kappa shape index (κ3) is 2.92. The molecule has 0 spiro atoms. The number of nitrogens with two attached hydrogens (primary N) is 1. The monoisotopic (exact) mass is 380 g/mol. The van der Waals surface area contributed by atoms with Crippen LogP contribution in [0.2, 0.25) is 0 Å². The number of hydrogen-bond donors (Lipinski definition) is 1. The number of aryl methyl sites for hydroxylation is 1. The minimum absolute atomic E-state index is 0.00146. The average molecular weight is 382 g/mol. The summed E-state index contributed by atoms with van der Waals surface area (Å²) in [4.78, 5) is 4.43. The van der Waals surface area contributed by atoms with Crippen LogP contribution in [0.3, 0.4) is 0 Å². The zero-order valence-electron chi connectivity index (χ0n) is 8.54. The van der Waals surface area contributed by atoms with E-state index in [1.54, 1.807) is 22.7 Å². The van der Waals surface area contributed by atoms with E-state index < -0.39 is 0 Å². The number of thiazole rings is 1. The number of nitrogens with zero attached hydrogens (tertiary/aromatic N) is 1. The van der Waals surface area contributed by atoms with Crippen molar-refractivity contribution in [3.8, 4) is 0 Å². The van der Waals surface area contributed by atoms with E-state index in [-0.39, 0.29) is 6.04 Å². The highest BCUT2D eigenvalue weighted by atomic mass is 79.9. The molecule has 0 aliphatic rings. The molecule has 1 atom stereocenters. The molecule has 0 aliphatic heterocycles. The Morgan fingerprint density at radius 3 is 2.75 bits per heavy atom. The van der Waals surface area contributed by atoms with Crippen LogP contribution in [-0.4, -0.2) is 4.98 Å². The predicted molar refractivity (Wildman–Crippen MR) is 77.2 cm³/mol. The fourth-order valence-electron chi connectivity index (χ4n) is 1.44. The maximum Gasteiger partial charge on any atom is 0.0897 e. The number of rotatable bonds is 3. The van der Waals surface area contributed by atoms with Crippen molar-refractivity contribution in [1.29, 1.82) is 0 Å². The first-order valence-electron chi connectivity index (χ1n) is 4.67. The van der Waals surface area contributed by atoms with Crippen LogP contribution in [0, 0.1) is 6.92 Å². The lowest BCUT2D eigenvalue weighted by Gasteiger charge is -2.08. The van der Waals surface area contributed by atoms with Crippen LogP contribution in [0.1, 0.15) is 22.3 Å². The lowest BCUT2D eigenvalue weighted by Crippen LogP contribution is -2.13. The van der Waals surface area contributed by atoms with Crippen molar-refractivity contribution in [3.63, 3.8) is 0 Å². The van der Waals surface area contributed by atoms with Gasteiger partial charge in [-0.3, -0.25) is 0 Å². The second kappa shape index (κ2) is 5.27. The van der Waals surface area contributed by atoms with Gasteiger partial charge in [0.1, 0.15) is 0 Å². The van der Waals surface area contributed by atoms with Crippen molar-refractivity contribution in [2.45, 2.75) is 19.4 Å². The van der Waals surface area contributed by atoms with Crippen LogP contribution in [0.25, 0.3) is 0 Å². The fourth-order valence-corrected chi connectivity index (χ4v) is 5.07. The van der Waals surface area contributed by atoms with E-state index in [4.69, 9.17) is 5.73 Å². The Bertz CT molecular complexity index is 493. The molecule has 0 fully saturated rings. The van der Waals surface area contributed by atoms with Gasteiger partial charge in [-0.05, 0) is 50.4 Å². The molecule has 0 aliphatic carbocycles. The van der Waals surface area contributed by atoms with E-state index in [1.807, 2.05) is 6.92 Å². The Morgan fingerprint density at radius 1 is 1.50 bits per heavy atom. The fraction of sp³-hybridized carbons (Fsp3) is 0.300. The van der Waals surface area contributed by atoms with E-state index in [9.17, 15) is 0 Å². The van der Waals surface area contributed by atoms with Gasteiger partial charge in [-0.15, -0.1) is 22.7 Å². The highest BCUT2D eigenvalue weighted by Crippen LogP contribution is 2.35. The molecule has 0 bridgehead atoms. The third-order valence-corrected chi connectivity index (χ3v) is 5.39. The maximum absolute atomic E-state index is 6.17. The summed E-state index contributed by atoms with van der Waals surface area (Å²) in [5.74, 6) is 0. The first kappa shape index (κ1) is 12.7. The van der Waals surface area contributed by atoms with Gasteiger partial charge in [-0.2, -0.15) is 0 Å². The molecule has 2 nitrogen and oxygen atoms in total. The Hall–Kier alpha value is 0.250. The van der Waals surface area contributed by atoms with E-state index in [0.717, 1.165) is 30.3 Å². The summed E-state index contributed by atoms with van der Waals surface area (Å²) in [5.41, 5.74) is 8.39. The first-order valence-corrected chi connectivity index (χ1v) is 7.96. The number of thiophene rings is 1. The molecule has 1 unspecified atom stereocenters. The summed E-state index contributed by atoms with van der Waals surface area (Å²) in [6.07, 6.45) is 0.784. The van der Waals surface area contributed by atoms with E-state index in [2.05, 4.69) is 48.3 Å². The largest absolute Gasteiger partial charge is 0.324 e. The molecule has 0 amide bonds. The van der Waals surface area contributed by atoms with Crippen molar-refractivity contribution in [3.05, 3.63) is 35.3 Å². The Kier molecular flexibility index (Phi) is 4.18. The topological polar surface area (TPSA) is 38.9 Å². The molecule has 86 valence electrons. The zero-order valence-corrected chi connectivity index (χ0v) is 13.3. The van der Waals surface area contributed by atoms with Crippen LogP contribution in [0.15, 0.2) is 19.0 Å². The summed E-state index contributed by atoms with van der Waals surface area (Å²) < 4.78 is 2.19. The van der Waals surface area contributed by atoms with E-state index in [1.165, 1.54) is 0 Å². The molecule has 6 heteroatoms. The Labute approximate surface area is 119 Å². The first-order chi connectivity index (χ1) is 7.56. The van der Waals surface area contributed by atoms with Crippen molar-refractivity contribution >= 4 is 54.5 Å². The third-order valence-electron chi connectivity index (χ3n) is 2.18. The molecule has 0 radical (unpaired) electrons. The van der Waals surface area contributed by atoms with Crippen LogP contribution >= 0.6 is 54.5 Å². The SMILES string of the molecule is Cc1nc(CC(N)c2cc(Br)sc2Br)cs1. The Balaban J connectivity index is 2.14. The van der Waals surface area contributed by atoms with Crippen LogP contribution in [0.5, 0.6) is 0 Å². The highest BCUT2D eigenvalue weighted by Gasteiger charge is 2.14. The van der Waals surface area contributed by atoms with Gasteiger partial charge < -0.3 is 5.73 Å². The molecule has 2 rings (SSSR count). The molecular weight excluding hydrogens is 372 g/mol. The molecule has 2 aromatic heterocycles. The Morgan fingerprint density at radius 2 is 2.25 bits per heavy atom. The summed E-state index contributed by atoms with van der Waals surface area (Å²) >= 11 is 10.3. The quantitative estimate of drug-likeness (QED) is 0.861. The van der Waals surface area contributed by atoms with Gasteiger partial charge >= 0.3 is 0 Å². The van der Waals surface area contributed by atoms with Crippen LogP contribution < -0.4 is 5.73 Å². The summed E-state index contributed by atoms with van der Waals surface area (Å²) in [5, 5.41) is 3.16. The normalized spacial score (nSPS) is 13.0. The molecular formula is C10H10Br2N2S2. The van der Waals surface area contributed by atoms with E-state index >= 15 is 0 Å². The minimum Gasteiger partial charge on any atom is -0.324 e. The molecule has 2 heterocycles. The van der Waals surface area contributed by atoms with Gasteiger partial charge in [-0.1, -0.05) is 0 Å². The predicted octanol–water partition coefficient (Wildman–Crippen LogP) is 4.28. The molecule has 0 saturated carbocycles. The molecule has 2 N–H and O–H groups in total. The lowest BCUT2D eigenvalue weighted by atomic mass is 10.1. The second-order valence-electron chi connectivity index (χ2n) is 3.45. The lowest BCUT2D eigenvalue weighted by molar-refractivity contribution is 0.709. The van der Waals surface area contributed by atoms with Gasteiger partial charge in [0, 0.05) is 17.8 Å². The summed E-state index contributed by atoms with van der Waals surface area (Å²) in [6, 6.07) is 2.07. The van der Waals surface area contributed by atoms with Gasteiger partial charge in [0.2, 0.25) is 0 Å². The van der Waals surface area contributed by atoms with Crippen molar-refractivity contribution in [2.24, 2.45) is 5.73 Å². The number of hydrogen-bond acceptors (Lipinski definition) is 4. The second-order valence-corrected chi connectivity index (χ2v) is 8.26. The van der Waals surface area contributed by atoms with Crippen molar-refractivity contribution in [1.82, 2.24) is 4.98 Å². The van der Waals surface area contributed by atoms with Gasteiger partial charge in [0.25, 0.3) is 0 Å². The molecule has 0 saturated heterocycles. The minimum atomic E-state index is -0.00146. The average Bonchev–Trinajstić information content (AvgIpc) is 2.73. The smallest absolute Gasteiger partial charge is 0.0897 e. The van der Waals surface area contributed by atoms with Gasteiger partial charge in [-0.25, -0.2) is 4.98 Å². The van der Waals surface area contributed by atoms with Crippen LogP contribution in [-0.2, 0) is 6.42 Å². The maximum atomic E-state index is 6.17. The molecule has 16 heavy (non-hydrogen) atoms. The molecule has 2 aromatic rings. The zero-order chi connectivity index (χ0) is 11.7.